The Bertz CT molecular complexity index is 1440. The van der Waals surface area contributed by atoms with Gasteiger partial charge in [0, 0.05) is 23.0 Å². The van der Waals surface area contributed by atoms with Crippen molar-refractivity contribution >= 4 is 47.0 Å². The predicted octanol–water partition coefficient (Wildman–Crippen LogP) is 8.47. The van der Waals surface area contributed by atoms with Crippen LogP contribution in [0.15, 0.2) is 84.9 Å². The van der Waals surface area contributed by atoms with Crippen molar-refractivity contribution in [3.05, 3.63) is 107 Å². The molecule has 0 radical (unpaired) electrons. The van der Waals surface area contributed by atoms with Gasteiger partial charge in [0.1, 0.15) is 32.9 Å². The number of ether oxygens (including phenoxy) is 2. The third-order valence-corrected chi connectivity index (χ3v) is 14.8. The van der Waals surface area contributed by atoms with Gasteiger partial charge in [0.05, 0.1) is 0 Å². The van der Waals surface area contributed by atoms with Crippen LogP contribution in [-0.4, -0.2) is 36.2 Å². The summed E-state index contributed by atoms with van der Waals surface area (Å²) in [7, 11) is 0. The molecule has 4 aromatic carbocycles. The molecule has 2 saturated heterocycles. The van der Waals surface area contributed by atoms with Gasteiger partial charge in [0.25, 0.3) is 0 Å². The lowest BCUT2D eigenvalue weighted by atomic mass is 10.1. The fourth-order valence-electron chi connectivity index (χ4n) is 6.31. The van der Waals surface area contributed by atoms with Gasteiger partial charge in [-0.05, 0) is 68.8 Å². The van der Waals surface area contributed by atoms with Crippen LogP contribution in [0.2, 0.25) is 0 Å². The number of thioether (sulfide) groups is 4. The summed E-state index contributed by atoms with van der Waals surface area (Å²) in [5.74, 6) is 6.58. The average Bonchev–Trinajstić information content (AvgIpc) is 3.76. The maximum atomic E-state index is 6.24. The Balaban J connectivity index is 0.991. The third kappa shape index (κ3) is 3.46. The summed E-state index contributed by atoms with van der Waals surface area (Å²) in [6.45, 7) is 1.04. The molecule has 0 saturated carbocycles. The predicted molar refractivity (Wildman–Crippen MR) is 166 cm³/mol. The standard InChI is InChI=1S/C32H26O2S4/c1-3-7-27-23(5-1)25-11-9-21(19-29(25)31(27)35-15-16-36-31)33-13-14-34-22-10-12-26-24-6-2-4-8-28(24)32(30(26)20-22)37-17-18-38-32/h1-12,19-20H,13-18H2. The number of rotatable bonds is 5. The molecule has 8 rings (SSSR count). The molecule has 0 unspecified atom stereocenters. The largest absolute Gasteiger partial charge is 0.490 e. The van der Waals surface area contributed by atoms with Crippen LogP contribution < -0.4 is 9.47 Å². The van der Waals surface area contributed by atoms with Gasteiger partial charge in [0.15, 0.2) is 0 Å². The van der Waals surface area contributed by atoms with Crippen LogP contribution in [0.3, 0.4) is 0 Å². The van der Waals surface area contributed by atoms with Crippen LogP contribution in [0.5, 0.6) is 11.5 Å². The number of hydrogen-bond donors (Lipinski definition) is 0. The van der Waals surface area contributed by atoms with E-state index in [0.29, 0.717) is 13.2 Å². The molecular formula is C32H26O2S4. The number of benzene rings is 4. The highest BCUT2D eigenvalue weighted by Crippen LogP contribution is 2.65. The van der Waals surface area contributed by atoms with Gasteiger partial charge in [0.2, 0.25) is 0 Å². The molecule has 4 aliphatic rings. The SMILES string of the molecule is c1ccc2c(c1)-c1ccc(OCCOc3ccc4c(c3)C3(SCCS3)c3ccccc3-4)cc1C21SCCS1. The van der Waals surface area contributed by atoms with Crippen molar-refractivity contribution in [3.8, 4) is 33.8 Å². The van der Waals surface area contributed by atoms with E-state index in [4.69, 9.17) is 9.47 Å². The van der Waals surface area contributed by atoms with E-state index in [2.05, 4.69) is 132 Å². The van der Waals surface area contributed by atoms with Gasteiger partial charge in [-0.3, -0.25) is 0 Å². The van der Waals surface area contributed by atoms with Gasteiger partial charge in [-0.25, -0.2) is 0 Å². The Hall–Kier alpha value is -2.12. The number of hydrogen-bond acceptors (Lipinski definition) is 6. The van der Waals surface area contributed by atoms with E-state index in [1.165, 1.54) is 67.5 Å². The summed E-state index contributed by atoms with van der Waals surface area (Å²) in [5.41, 5.74) is 11.1. The van der Waals surface area contributed by atoms with Crippen molar-refractivity contribution in [2.24, 2.45) is 0 Å². The summed E-state index contributed by atoms with van der Waals surface area (Å²) in [4.78, 5) is 0. The Morgan fingerprint density at radius 3 is 1.32 bits per heavy atom. The fraction of sp³-hybridized carbons (Fsp3) is 0.250. The molecule has 2 aliphatic carbocycles. The second-order valence-electron chi connectivity index (χ2n) is 9.83. The quantitative estimate of drug-likeness (QED) is 0.223. The van der Waals surface area contributed by atoms with E-state index >= 15 is 0 Å². The van der Waals surface area contributed by atoms with Crippen molar-refractivity contribution in [1.82, 2.24) is 0 Å². The van der Waals surface area contributed by atoms with Crippen LogP contribution in [-0.2, 0) is 8.16 Å². The Kier molecular flexibility index (Phi) is 5.76. The first-order valence-corrected chi connectivity index (χ1v) is 17.0. The smallest absolute Gasteiger partial charge is 0.122 e. The molecule has 2 heterocycles. The van der Waals surface area contributed by atoms with Crippen LogP contribution >= 0.6 is 47.0 Å². The molecule has 2 aliphatic heterocycles. The zero-order valence-electron chi connectivity index (χ0n) is 20.8. The molecule has 0 amide bonds. The molecule has 0 aromatic heterocycles. The first-order chi connectivity index (χ1) is 18.8. The molecule has 2 nitrogen and oxygen atoms in total. The Morgan fingerprint density at radius 1 is 0.474 bits per heavy atom. The van der Waals surface area contributed by atoms with Crippen molar-refractivity contribution in [2.75, 3.05) is 36.2 Å². The maximum absolute atomic E-state index is 6.24. The molecule has 0 N–H and O–H groups in total. The van der Waals surface area contributed by atoms with E-state index in [9.17, 15) is 0 Å². The van der Waals surface area contributed by atoms with E-state index in [0.717, 1.165) is 11.5 Å². The highest BCUT2D eigenvalue weighted by Gasteiger charge is 2.48. The van der Waals surface area contributed by atoms with Crippen molar-refractivity contribution in [3.63, 3.8) is 0 Å². The van der Waals surface area contributed by atoms with Crippen molar-refractivity contribution in [1.29, 1.82) is 0 Å². The summed E-state index contributed by atoms with van der Waals surface area (Å²) < 4.78 is 12.5. The normalized spacial score (nSPS) is 18.8. The lowest BCUT2D eigenvalue weighted by Crippen LogP contribution is -2.14. The third-order valence-electron chi connectivity index (χ3n) is 7.84. The molecular weight excluding hydrogens is 545 g/mol. The maximum Gasteiger partial charge on any atom is 0.122 e. The zero-order valence-corrected chi connectivity index (χ0v) is 24.0. The minimum atomic E-state index is 0.00993. The van der Waals surface area contributed by atoms with E-state index in [1.54, 1.807) is 0 Å². The van der Waals surface area contributed by atoms with Crippen LogP contribution in [0.25, 0.3) is 22.3 Å². The highest BCUT2D eigenvalue weighted by atomic mass is 32.2. The summed E-state index contributed by atoms with van der Waals surface area (Å²) in [6, 6.07) is 31.0. The highest BCUT2D eigenvalue weighted by molar-refractivity contribution is 8.21. The monoisotopic (exact) mass is 570 g/mol. The molecule has 4 aromatic rings. The average molecular weight is 571 g/mol. The zero-order chi connectivity index (χ0) is 25.2. The molecule has 0 bridgehead atoms. The van der Waals surface area contributed by atoms with Gasteiger partial charge in [-0.2, -0.15) is 0 Å². The Labute approximate surface area is 240 Å². The second-order valence-corrected chi connectivity index (χ2v) is 15.6. The first kappa shape index (κ1) is 23.7. The first-order valence-electron chi connectivity index (χ1n) is 13.1. The summed E-state index contributed by atoms with van der Waals surface area (Å²) >= 11 is 8.26. The van der Waals surface area contributed by atoms with Crippen molar-refractivity contribution in [2.45, 2.75) is 8.16 Å². The molecule has 2 fully saturated rings. The Morgan fingerprint density at radius 2 is 0.868 bits per heavy atom. The van der Waals surface area contributed by atoms with E-state index in [1.807, 2.05) is 0 Å². The molecule has 38 heavy (non-hydrogen) atoms. The summed E-state index contributed by atoms with van der Waals surface area (Å²) in [6.07, 6.45) is 0. The van der Waals surface area contributed by atoms with Crippen LogP contribution in [0, 0.1) is 0 Å². The minimum Gasteiger partial charge on any atom is -0.490 e. The molecule has 190 valence electrons. The second kappa shape index (κ2) is 9.22. The van der Waals surface area contributed by atoms with Crippen LogP contribution in [0.1, 0.15) is 22.3 Å². The number of fused-ring (bicyclic) bond motifs is 10. The molecule has 0 atom stereocenters. The summed E-state index contributed by atoms with van der Waals surface area (Å²) in [5, 5.41) is 0. The van der Waals surface area contributed by atoms with E-state index < -0.39 is 0 Å². The van der Waals surface area contributed by atoms with Gasteiger partial charge in [-0.15, -0.1) is 47.0 Å². The van der Waals surface area contributed by atoms with Gasteiger partial charge in [-0.1, -0.05) is 60.7 Å². The minimum absolute atomic E-state index is 0.00993. The van der Waals surface area contributed by atoms with Crippen LogP contribution in [0.4, 0.5) is 0 Å². The van der Waals surface area contributed by atoms with Gasteiger partial charge < -0.3 is 9.47 Å². The molecule has 6 heteroatoms. The van der Waals surface area contributed by atoms with E-state index in [-0.39, 0.29) is 8.16 Å². The fourth-order valence-corrected chi connectivity index (χ4v) is 13.1. The topological polar surface area (TPSA) is 18.5 Å². The lowest BCUT2D eigenvalue weighted by molar-refractivity contribution is 0.217. The van der Waals surface area contributed by atoms with Crippen molar-refractivity contribution < 1.29 is 9.47 Å². The molecule has 2 spiro atoms. The lowest BCUT2D eigenvalue weighted by Gasteiger charge is -2.25. The van der Waals surface area contributed by atoms with Gasteiger partial charge >= 0.3 is 0 Å².